The normalized spacial score (nSPS) is 13.2. The molecular weight excluding hydrogens is 640 g/mol. The Kier molecular flexibility index (Phi) is 14.6. The summed E-state index contributed by atoms with van der Waals surface area (Å²) in [5, 5.41) is 28.5. The number of rotatable bonds is 17. The Labute approximate surface area is 283 Å². The number of carbonyl (C=O) groups excluding carboxylic acids is 7. The number of carboxylic acid groups (broad SMARTS) is 1. The molecule has 2 aromatic rings. The highest BCUT2D eigenvalue weighted by molar-refractivity contribution is 6.40. The van der Waals surface area contributed by atoms with Crippen LogP contribution in [0.4, 0.5) is 0 Å². The maximum absolute atomic E-state index is 13.2. The largest absolute Gasteiger partial charge is 0.508 e. The third kappa shape index (κ3) is 12.2. The number of hydrogen-bond acceptors (Lipinski definition) is 10. The highest BCUT2D eigenvalue weighted by atomic mass is 16.5. The lowest BCUT2D eigenvalue weighted by atomic mass is 10.0. The number of ketones is 2. The molecule has 0 spiro atoms. The van der Waals surface area contributed by atoms with E-state index in [-0.39, 0.29) is 17.7 Å². The molecule has 4 amide bonds. The molecule has 0 bridgehead atoms. The Morgan fingerprint density at radius 3 is 1.88 bits per heavy atom. The monoisotopic (exact) mass is 682 g/mol. The third-order valence-corrected chi connectivity index (χ3v) is 7.38. The fourth-order valence-electron chi connectivity index (χ4n) is 4.77. The zero-order valence-corrected chi connectivity index (χ0v) is 28.1. The van der Waals surface area contributed by atoms with Crippen LogP contribution in [0.2, 0.25) is 0 Å². The van der Waals surface area contributed by atoms with Crippen molar-refractivity contribution in [3.63, 3.8) is 0 Å². The molecule has 2 aromatic carbocycles. The van der Waals surface area contributed by atoms with Gasteiger partial charge < -0.3 is 36.2 Å². The van der Waals surface area contributed by atoms with Crippen LogP contribution >= 0.6 is 0 Å². The lowest BCUT2D eigenvalue weighted by Gasteiger charge is -2.27. The second-order valence-electron chi connectivity index (χ2n) is 11.9. The SMILES string of the molecule is CC(=O)N[C@@H](Cc1ccc(O)cc1)C(=O)N[C@H](C(=O)N[C@@H](C)C(=O)N[C@@H](CC(=O)O)C(=O)C(=O)COC(=O)c1c(C)cccc1C)C(C)C. The number of esters is 1. The van der Waals surface area contributed by atoms with Gasteiger partial charge in [0, 0.05) is 13.3 Å². The summed E-state index contributed by atoms with van der Waals surface area (Å²) >= 11 is 0. The Morgan fingerprint density at radius 2 is 1.35 bits per heavy atom. The van der Waals surface area contributed by atoms with Crippen LogP contribution in [0.1, 0.15) is 61.2 Å². The van der Waals surface area contributed by atoms with Gasteiger partial charge in [-0.15, -0.1) is 0 Å². The Bertz CT molecular complexity index is 1570. The quantitative estimate of drug-likeness (QED) is 0.100. The molecule has 0 unspecified atom stereocenters. The maximum Gasteiger partial charge on any atom is 0.339 e. The van der Waals surface area contributed by atoms with Gasteiger partial charge in [-0.3, -0.25) is 33.6 Å². The first-order valence-corrected chi connectivity index (χ1v) is 15.4. The van der Waals surface area contributed by atoms with Crippen molar-refractivity contribution >= 4 is 47.1 Å². The lowest BCUT2D eigenvalue weighted by Crippen LogP contribution is -2.59. The Hall–Kier alpha value is -5.60. The number of phenols is 1. The van der Waals surface area contributed by atoms with E-state index >= 15 is 0 Å². The predicted molar refractivity (Wildman–Crippen MR) is 174 cm³/mol. The number of phenolic OH excluding ortho intramolecular Hbond substituents is 1. The zero-order valence-electron chi connectivity index (χ0n) is 28.1. The number of aryl methyl sites for hydroxylation is 2. The van der Waals surface area contributed by atoms with Crippen LogP contribution in [-0.4, -0.2) is 88.1 Å². The van der Waals surface area contributed by atoms with Gasteiger partial charge in [-0.2, -0.15) is 0 Å². The lowest BCUT2D eigenvalue weighted by molar-refractivity contribution is -0.144. The average Bonchev–Trinajstić information content (AvgIpc) is 3.01. The van der Waals surface area contributed by atoms with E-state index in [0.29, 0.717) is 16.7 Å². The first-order valence-electron chi connectivity index (χ1n) is 15.4. The molecule has 4 atom stereocenters. The van der Waals surface area contributed by atoms with Gasteiger partial charge in [0.15, 0.2) is 6.61 Å². The van der Waals surface area contributed by atoms with Crippen LogP contribution in [0.5, 0.6) is 5.75 Å². The number of aromatic hydroxyl groups is 1. The van der Waals surface area contributed by atoms with Crippen molar-refractivity contribution in [2.24, 2.45) is 5.92 Å². The summed E-state index contributed by atoms with van der Waals surface area (Å²) in [5.74, 6) is -8.45. The van der Waals surface area contributed by atoms with Crippen molar-refractivity contribution in [3.8, 4) is 5.75 Å². The van der Waals surface area contributed by atoms with Gasteiger partial charge >= 0.3 is 11.9 Å². The van der Waals surface area contributed by atoms with E-state index in [9.17, 15) is 48.6 Å². The van der Waals surface area contributed by atoms with E-state index in [1.807, 2.05) is 0 Å². The minimum atomic E-state index is -1.84. The van der Waals surface area contributed by atoms with E-state index in [1.165, 1.54) is 26.0 Å². The Balaban J connectivity index is 2.08. The topological polar surface area (TPSA) is 234 Å². The maximum atomic E-state index is 13.2. The van der Waals surface area contributed by atoms with Gasteiger partial charge in [0.25, 0.3) is 0 Å². The standard InChI is InChI=1S/C34H42N4O11/c1-17(2)29(38-32(46)25(36-21(6)39)14-22-10-12-23(40)13-11-22)33(47)35-20(5)31(45)37-24(15-27(42)43)30(44)26(41)16-49-34(48)28-18(3)8-7-9-19(28)4/h7-13,17,20,24-25,29,40H,14-16H2,1-6H3,(H,35,47)(H,36,39)(H,37,45)(H,38,46)(H,42,43)/t20-,24-,25-,29-/m0/s1. The third-order valence-electron chi connectivity index (χ3n) is 7.38. The first kappa shape index (κ1) is 39.6. The number of Topliss-reactive ketones (excluding diaryl/α,β-unsaturated/α-hetero) is 2. The number of benzene rings is 2. The van der Waals surface area contributed by atoms with Gasteiger partial charge in [-0.05, 0) is 55.5 Å². The summed E-state index contributed by atoms with van der Waals surface area (Å²) in [6.45, 7) is 8.05. The van der Waals surface area contributed by atoms with Gasteiger partial charge in [-0.1, -0.05) is 44.2 Å². The minimum Gasteiger partial charge on any atom is -0.508 e. The fraction of sp³-hybridized carbons (Fsp3) is 0.412. The highest BCUT2D eigenvalue weighted by Crippen LogP contribution is 2.15. The van der Waals surface area contributed by atoms with E-state index < -0.39 is 90.2 Å². The molecular formula is C34H42N4O11. The molecule has 0 saturated carbocycles. The van der Waals surface area contributed by atoms with Crippen molar-refractivity contribution in [1.82, 2.24) is 21.3 Å². The molecule has 2 rings (SSSR count). The molecule has 0 aliphatic carbocycles. The second kappa shape index (κ2) is 18.1. The fourth-order valence-corrected chi connectivity index (χ4v) is 4.77. The molecule has 15 nitrogen and oxygen atoms in total. The molecule has 0 radical (unpaired) electrons. The first-order chi connectivity index (χ1) is 22.9. The van der Waals surface area contributed by atoms with Crippen molar-refractivity contribution in [1.29, 1.82) is 0 Å². The molecule has 15 heteroatoms. The van der Waals surface area contributed by atoms with Crippen LogP contribution in [-0.2, 0) is 44.7 Å². The van der Waals surface area contributed by atoms with Crippen LogP contribution in [0.3, 0.4) is 0 Å². The number of nitrogens with one attached hydrogen (secondary N) is 4. The molecule has 0 fully saturated rings. The van der Waals surface area contributed by atoms with Gasteiger partial charge in [0.2, 0.25) is 35.2 Å². The molecule has 0 aromatic heterocycles. The number of hydrogen-bond donors (Lipinski definition) is 6. The molecule has 6 N–H and O–H groups in total. The van der Waals surface area contributed by atoms with E-state index in [4.69, 9.17) is 4.74 Å². The minimum absolute atomic E-state index is 0.0127. The van der Waals surface area contributed by atoms with Crippen LogP contribution < -0.4 is 21.3 Å². The van der Waals surface area contributed by atoms with Gasteiger partial charge in [0.05, 0.1) is 12.0 Å². The van der Waals surface area contributed by atoms with Crippen molar-refractivity contribution in [2.75, 3.05) is 6.61 Å². The molecule has 0 aliphatic heterocycles. The van der Waals surface area contributed by atoms with Crippen LogP contribution in [0.15, 0.2) is 42.5 Å². The molecule has 0 heterocycles. The summed E-state index contributed by atoms with van der Waals surface area (Å²) in [5.41, 5.74) is 1.99. The number of amides is 4. The average molecular weight is 683 g/mol. The van der Waals surface area contributed by atoms with Crippen LogP contribution in [0.25, 0.3) is 0 Å². The number of ether oxygens (including phenoxy) is 1. The smallest absolute Gasteiger partial charge is 0.339 e. The number of carbonyl (C=O) groups is 8. The van der Waals surface area contributed by atoms with Crippen molar-refractivity contribution in [3.05, 3.63) is 64.7 Å². The van der Waals surface area contributed by atoms with Crippen LogP contribution in [0, 0.1) is 19.8 Å². The Morgan fingerprint density at radius 1 is 0.755 bits per heavy atom. The summed E-state index contributed by atoms with van der Waals surface area (Å²) in [6, 6.07) is 5.54. The molecule has 0 saturated heterocycles. The molecule has 0 aliphatic rings. The molecule has 49 heavy (non-hydrogen) atoms. The highest BCUT2D eigenvalue weighted by Gasteiger charge is 2.33. The van der Waals surface area contributed by atoms with E-state index in [2.05, 4.69) is 21.3 Å². The number of aliphatic carboxylic acids is 1. The summed E-state index contributed by atoms with van der Waals surface area (Å²) in [6.07, 6.45) is -0.933. The van der Waals surface area contributed by atoms with E-state index in [1.54, 1.807) is 58.0 Å². The van der Waals surface area contributed by atoms with Crippen molar-refractivity contribution < 1.29 is 53.3 Å². The van der Waals surface area contributed by atoms with E-state index in [0.717, 1.165) is 0 Å². The zero-order chi connectivity index (χ0) is 37.0. The second-order valence-corrected chi connectivity index (χ2v) is 11.9. The number of carboxylic acids is 1. The van der Waals surface area contributed by atoms with Gasteiger partial charge in [0.1, 0.15) is 29.9 Å². The molecule has 264 valence electrons. The van der Waals surface area contributed by atoms with Gasteiger partial charge in [-0.25, -0.2) is 4.79 Å². The predicted octanol–water partition coefficient (Wildman–Crippen LogP) is 0.656. The van der Waals surface area contributed by atoms with Crippen molar-refractivity contribution in [2.45, 2.75) is 78.6 Å². The summed E-state index contributed by atoms with van der Waals surface area (Å²) in [4.78, 5) is 101. The summed E-state index contributed by atoms with van der Waals surface area (Å²) < 4.78 is 4.99. The summed E-state index contributed by atoms with van der Waals surface area (Å²) in [7, 11) is 0.